The lowest BCUT2D eigenvalue weighted by atomic mass is 10.2. The Morgan fingerprint density at radius 1 is 1.33 bits per heavy atom. The van der Waals surface area contributed by atoms with Crippen LogP contribution in [0.3, 0.4) is 0 Å². The summed E-state index contributed by atoms with van der Waals surface area (Å²) in [6.07, 6.45) is 1.54. The van der Waals surface area contributed by atoms with Crippen LogP contribution in [-0.2, 0) is 27.4 Å². The molecule has 3 N–H and O–H groups in total. The summed E-state index contributed by atoms with van der Waals surface area (Å²) in [7, 11) is -4.59. The van der Waals surface area contributed by atoms with Gasteiger partial charge in [-0.05, 0) is 24.6 Å². The van der Waals surface area contributed by atoms with E-state index in [1.54, 1.807) is 25.3 Å². The highest BCUT2D eigenvalue weighted by Gasteiger charge is 2.17. The lowest BCUT2D eigenvalue weighted by Crippen LogP contribution is -2.36. The molecule has 2 atom stereocenters. The molecule has 102 valence electrons. The summed E-state index contributed by atoms with van der Waals surface area (Å²) in [4.78, 5) is 0.188. The zero-order valence-corrected chi connectivity index (χ0v) is 12.1. The minimum Gasteiger partial charge on any atom is -0.326 e. The molecule has 0 heterocycles. The summed E-state index contributed by atoms with van der Waals surface area (Å²) in [5.74, 6) is 0.292. The fourth-order valence-electron chi connectivity index (χ4n) is 1.52. The van der Waals surface area contributed by atoms with Crippen LogP contribution < -0.4 is 10.5 Å². The number of nitrogens with one attached hydrogen (secondary N) is 1. The van der Waals surface area contributed by atoms with Crippen LogP contribution in [0.15, 0.2) is 29.2 Å². The van der Waals surface area contributed by atoms with Crippen LogP contribution in [0.1, 0.15) is 12.5 Å². The molecule has 0 aliphatic rings. The van der Waals surface area contributed by atoms with Gasteiger partial charge in [-0.3, -0.25) is 4.21 Å². The van der Waals surface area contributed by atoms with Crippen molar-refractivity contribution in [3.05, 3.63) is 29.8 Å². The van der Waals surface area contributed by atoms with Crippen LogP contribution >= 0.6 is 0 Å². The molecule has 0 spiro atoms. The van der Waals surface area contributed by atoms with Gasteiger partial charge >= 0.3 is 0 Å². The van der Waals surface area contributed by atoms with E-state index in [1.165, 1.54) is 12.1 Å². The van der Waals surface area contributed by atoms with Crippen LogP contribution in [0.4, 0.5) is 0 Å². The van der Waals surface area contributed by atoms with Crippen LogP contribution in [0.2, 0.25) is 0 Å². The third-order valence-corrected chi connectivity index (χ3v) is 4.89. The Hall–Kier alpha value is -0.760. The summed E-state index contributed by atoms with van der Waals surface area (Å²) < 4.78 is 37.5. The summed E-state index contributed by atoms with van der Waals surface area (Å²) >= 11 is 0. The van der Waals surface area contributed by atoms with Gasteiger partial charge in [0.05, 0.1) is 4.90 Å². The van der Waals surface area contributed by atoms with Crippen LogP contribution in [0.5, 0.6) is 0 Å². The van der Waals surface area contributed by atoms with Gasteiger partial charge < -0.3 is 5.73 Å². The molecule has 2 unspecified atom stereocenters. The zero-order chi connectivity index (χ0) is 13.8. The van der Waals surface area contributed by atoms with E-state index in [1.807, 2.05) is 0 Å². The van der Waals surface area contributed by atoms with Gasteiger partial charge in [-0.15, -0.1) is 0 Å². The quantitative estimate of drug-likeness (QED) is 0.782. The van der Waals surface area contributed by atoms with Crippen LogP contribution in [-0.4, -0.2) is 30.7 Å². The number of sulfonamides is 1. The molecule has 0 aromatic heterocycles. The standard InChI is InChI=1S/C11H18N2O3S2/c1-9(8-17(2)14)13-18(15,16)11-5-3-10(7-12)4-6-11/h3-6,9,13H,7-8,12H2,1-2H3. The Morgan fingerprint density at radius 3 is 2.33 bits per heavy atom. The predicted octanol–water partition coefficient (Wildman–Crippen LogP) is 0.191. The number of rotatable bonds is 6. The summed E-state index contributed by atoms with van der Waals surface area (Å²) in [6.45, 7) is 2.06. The molecule has 0 radical (unpaired) electrons. The van der Waals surface area contributed by atoms with Crippen molar-refractivity contribution in [3.8, 4) is 0 Å². The van der Waals surface area contributed by atoms with E-state index in [0.29, 0.717) is 12.3 Å². The minimum absolute atomic E-state index is 0.188. The Balaban J connectivity index is 2.82. The van der Waals surface area contributed by atoms with E-state index >= 15 is 0 Å². The monoisotopic (exact) mass is 290 g/mol. The first-order valence-electron chi connectivity index (χ1n) is 5.46. The molecule has 0 fully saturated rings. The average Bonchev–Trinajstić information content (AvgIpc) is 2.27. The highest BCUT2D eigenvalue weighted by Crippen LogP contribution is 2.10. The van der Waals surface area contributed by atoms with Crippen molar-refractivity contribution in [1.82, 2.24) is 4.72 Å². The Bertz CT molecular complexity index is 512. The van der Waals surface area contributed by atoms with Crippen molar-refractivity contribution in [1.29, 1.82) is 0 Å². The SMILES string of the molecule is CC(CS(C)=O)NS(=O)(=O)c1ccc(CN)cc1. The van der Waals surface area contributed by atoms with E-state index in [2.05, 4.69) is 4.72 Å². The molecule has 1 aromatic rings. The first-order valence-corrected chi connectivity index (χ1v) is 8.67. The molecular formula is C11H18N2O3S2. The van der Waals surface area contributed by atoms with Gasteiger partial charge in [0.15, 0.2) is 0 Å². The number of hydrogen-bond donors (Lipinski definition) is 2. The highest BCUT2D eigenvalue weighted by molar-refractivity contribution is 7.89. The second-order valence-corrected chi connectivity index (χ2v) is 7.30. The average molecular weight is 290 g/mol. The second kappa shape index (κ2) is 6.42. The Labute approximate surface area is 110 Å². The fourth-order valence-corrected chi connectivity index (χ4v) is 3.66. The van der Waals surface area contributed by atoms with Gasteiger partial charge in [0.25, 0.3) is 0 Å². The van der Waals surface area contributed by atoms with Crippen molar-refractivity contribution in [3.63, 3.8) is 0 Å². The molecule has 7 heteroatoms. The maximum Gasteiger partial charge on any atom is 0.240 e. The molecule has 0 saturated heterocycles. The largest absolute Gasteiger partial charge is 0.326 e. The zero-order valence-electron chi connectivity index (χ0n) is 10.4. The lowest BCUT2D eigenvalue weighted by molar-refractivity contribution is 0.570. The van der Waals surface area contributed by atoms with E-state index in [4.69, 9.17) is 5.73 Å². The Kier molecular flexibility index (Phi) is 5.46. The molecule has 1 aromatic carbocycles. The maximum absolute atomic E-state index is 12.0. The number of benzene rings is 1. The van der Waals surface area contributed by atoms with Crippen molar-refractivity contribution >= 4 is 20.8 Å². The maximum atomic E-state index is 12.0. The first-order chi connectivity index (χ1) is 8.35. The molecule has 0 aliphatic heterocycles. The third kappa shape index (κ3) is 4.49. The molecule has 1 rings (SSSR count). The molecule has 0 amide bonds. The van der Waals surface area contributed by atoms with Gasteiger partial charge in [-0.2, -0.15) is 0 Å². The van der Waals surface area contributed by atoms with Crippen LogP contribution in [0, 0.1) is 0 Å². The van der Waals surface area contributed by atoms with Crippen LogP contribution in [0.25, 0.3) is 0 Å². The van der Waals surface area contributed by atoms with Crippen molar-refractivity contribution in [2.45, 2.75) is 24.4 Å². The van der Waals surface area contributed by atoms with Crippen molar-refractivity contribution < 1.29 is 12.6 Å². The minimum atomic E-state index is -3.56. The van der Waals surface area contributed by atoms with Gasteiger partial charge in [0, 0.05) is 35.4 Å². The molecular weight excluding hydrogens is 272 g/mol. The summed E-state index contributed by atoms with van der Waals surface area (Å²) in [5.41, 5.74) is 6.32. The van der Waals surface area contributed by atoms with Gasteiger partial charge in [0.1, 0.15) is 0 Å². The first kappa shape index (κ1) is 15.3. The second-order valence-electron chi connectivity index (χ2n) is 4.11. The normalized spacial score (nSPS) is 15.3. The van der Waals surface area contributed by atoms with Crippen molar-refractivity contribution in [2.24, 2.45) is 5.73 Å². The number of hydrogen-bond acceptors (Lipinski definition) is 4. The molecule has 0 bridgehead atoms. The smallest absolute Gasteiger partial charge is 0.240 e. The van der Waals surface area contributed by atoms with Gasteiger partial charge in [-0.25, -0.2) is 13.1 Å². The summed E-state index contributed by atoms with van der Waals surface area (Å²) in [6, 6.07) is 6.02. The summed E-state index contributed by atoms with van der Waals surface area (Å²) in [5, 5.41) is 0. The van der Waals surface area contributed by atoms with Gasteiger partial charge in [-0.1, -0.05) is 12.1 Å². The molecule has 18 heavy (non-hydrogen) atoms. The lowest BCUT2D eigenvalue weighted by Gasteiger charge is -2.13. The Morgan fingerprint density at radius 2 is 1.89 bits per heavy atom. The van der Waals surface area contributed by atoms with E-state index in [9.17, 15) is 12.6 Å². The fraction of sp³-hybridized carbons (Fsp3) is 0.455. The molecule has 0 aliphatic carbocycles. The topological polar surface area (TPSA) is 89.3 Å². The van der Waals surface area contributed by atoms with E-state index in [0.717, 1.165) is 5.56 Å². The molecule has 0 saturated carbocycles. The predicted molar refractivity (Wildman–Crippen MR) is 73.1 cm³/mol. The van der Waals surface area contributed by atoms with E-state index < -0.39 is 20.8 Å². The van der Waals surface area contributed by atoms with Gasteiger partial charge in [0.2, 0.25) is 10.0 Å². The highest BCUT2D eigenvalue weighted by atomic mass is 32.2. The number of nitrogens with two attached hydrogens (primary N) is 1. The van der Waals surface area contributed by atoms with E-state index in [-0.39, 0.29) is 10.9 Å². The third-order valence-electron chi connectivity index (χ3n) is 2.31. The molecule has 5 nitrogen and oxygen atoms in total. The van der Waals surface area contributed by atoms with Crippen molar-refractivity contribution in [2.75, 3.05) is 12.0 Å².